The molecule has 0 aliphatic carbocycles. The van der Waals surface area contributed by atoms with Gasteiger partial charge in [-0.3, -0.25) is 0 Å². The molecule has 3 rings (SSSR count). The lowest BCUT2D eigenvalue weighted by Gasteiger charge is -2.19. The molecule has 2 aromatic carbocycles. The highest BCUT2D eigenvalue weighted by Crippen LogP contribution is 2.25. The second kappa shape index (κ2) is 6.86. The molecule has 1 heterocycles. The van der Waals surface area contributed by atoms with Gasteiger partial charge in [0.1, 0.15) is 25.0 Å². The molecule has 0 aromatic heterocycles. The van der Waals surface area contributed by atoms with E-state index in [1.54, 1.807) is 0 Å². The third kappa shape index (κ3) is 3.90. The van der Waals surface area contributed by atoms with Gasteiger partial charge in [0.15, 0.2) is 0 Å². The molecule has 0 N–H and O–H groups in total. The van der Waals surface area contributed by atoms with Crippen LogP contribution in [0.1, 0.15) is 31.9 Å². The van der Waals surface area contributed by atoms with Crippen LogP contribution in [0.4, 0.5) is 0 Å². The first-order chi connectivity index (χ1) is 11.4. The van der Waals surface area contributed by atoms with Gasteiger partial charge in [-0.25, -0.2) is 4.99 Å². The zero-order chi connectivity index (χ0) is 17.2. The van der Waals surface area contributed by atoms with Crippen LogP contribution in [0.5, 0.6) is 5.75 Å². The number of hydrogen-bond acceptors (Lipinski definition) is 3. The van der Waals surface area contributed by atoms with Crippen molar-refractivity contribution in [2.24, 2.45) is 4.99 Å². The standard InChI is InChI=1S/C20H22ClNO2/c1-20(2,3)14-8-10-16(11-9-14)23-12-15-13-24-19(22-15)17-6-4-5-7-18(17)21/h4-11,15H,12-13H2,1-3H3. The maximum absolute atomic E-state index is 6.18. The van der Waals surface area contributed by atoms with Crippen molar-refractivity contribution in [1.82, 2.24) is 0 Å². The Morgan fingerprint density at radius 3 is 2.50 bits per heavy atom. The Hall–Kier alpha value is -2.00. The minimum Gasteiger partial charge on any atom is -0.491 e. The van der Waals surface area contributed by atoms with Crippen molar-refractivity contribution in [2.45, 2.75) is 32.2 Å². The number of ether oxygens (including phenoxy) is 2. The number of nitrogens with zero attached hydrogens (tertiary/aromatic N) is 1. The number of benzene rings is 2. The summed E-state index contributed by atoms with van der Waals surface area (Å²) in [4.78, 5) is 4.58. The molecule has 0 spiro atoms. The minimum absolute atomic E-state index is 0.0152. The summed E-state index contributed by atoms with van der Waals surface area (Å²) in [5, 5.41) is 0.649. The highest BCUT2D eigenvalue weighted by atomic mass is 35.5. The average molecular weight is 344 g/mol. The normalized spacial score (nSPS) is 17.3. The van der Waals surface area contributed by atoms with E-state index in [0.29, 0.717) is 24.1 Å². The van der Waals surface area contributed by atoms with Crippen LogP contribution in [0.25, 0.3) is 0 Å². The van der Waals surface area contributed by atoms with Crippen molar-refractivity contribution in [1.29, 1.82) is 0 Å². The predicted molar refractivity (Wildman–Crippen MR) is 98.4 cm³/mol. The Labute approximate surface area is 148 Å². The fourth-order valence-electron chi connectivity index (χ4n) is 2.53. The maximum Gasteiger partial charge on any atom is 0.218 e. The summed E-state index contributed by atoms with van der Waals surface area (Å²) in [6.45, 7) is 7.60. The molecule has 0 radical (unpaired) electrons. The van der Waals surface area contributed by atoms with Crippen LogP contribution in [0.15, 0.2) is 53.5 Å². The van der Waals surface area contributed by atoms with Gasteiger partial charge in [-0.15, -0.1) is 0 Å². The summed E-state index contributed by atoms with van der Waals surface area (Å²) in [6.07, 6.45) is 0. The summed E-state index contributed by atoms with van der Waals surface area (Å²) >= 11 is 6.18. The second-order valence-electron chi connectivity index (χ2n) is 6.96. The van der Waals surface area contributed by atoms with Crippen LogP contribution in [0.2, 0.25) is 5.02 Å². The van der Waals surface area contributed by atoms with Crippen LogP contribution >= 0.6 is 11.6 Å². The zero-order valence-electron chi connectivity index (χ0n) is 14.3. The smallest absolute Gasteiger partial charge is 0.218 e. The van der Waals surface area contributed by atoms with E-state index in [1.807, 2.05) is 36.4 Å². The van der Waals surface area contributed by atoms with E-state index in [-0.39, 0.29) is 11.5 Å². The van der Waals surface area contributed by atoms with E-state index in [0.717, 1.165) is 11.3 Å². The molecule has 0 fully saturated rings. The molecule has 126 valence electrons. The number of hydrogen-bond donors (Lipinski definition) is 0. The largest absolute Gasteiger partial charge is 0.491 e. The number of halogens is 1. The van der Waals surface area contributed by atoms with Gasteiger partial charge in [-0.05, 0) is 35.2 Å². The van der Waals surface area contributed by atoms with Gasteiger partial charge in [-0.2, -0.15) is 0 Å². The molecule has 0 saturated carbocycles. The van der Waals surface area contributed by atoms with Crippen molar-refractivity contribution >= 4 is 17.5 Å². The number of aliphatic imine (C=N–C) groups is 1. The second-order valence-corrected chi connectivity index (χ2v) is 7.37. The molecule has 0 amide bonds. The lowest BCUT2D eigenvalue weighted by molar-refractivity contribution is 0.243. The Morgan fingerprint density at radius 1 is 1.12 bits per heavy atom. The zero-order valence-corrected chi connectivity index (χ0v) is 15.0. The average Bonchev–Trinajstić information content (AvgIpc) is 3.02. The first-order valence-corrected chi connectivity index (χ1v) is 8.50. The molecule has 24 heavy (non-hydrogen) atoms. The van der Waals surface area contributed by atoms with Gasteiger partial charge in [0.2, 0.25) is 5.90 Å². The first kappa shape index (κ1) is 16.8. The van der Waals surface area contributed by atoms with E-state index in [2.05, 4.69) is 37.9 Å². The molecule has 4 heteroatoms. The quantitative estimate of drug-likeness (QED) is 0.793. The van der Waals surface area contributed by atoms with Crippen LogP contribution < -0.4 is 4.74 Å². The third-order valence-electron chi connectivity index (χ3n) is 3.98. The highest BCUT2D eigenvalue weighted by Gasteiger charge is 2.22. The van der Waals surface area contributed by atoms with Gasteiger partial charge in [0.25, 0.3) is 0 Å². The molecule has 1 atom stereocenters. The van der Waals surface area contributed by atoms with Crippen LogP contribution in [0.3, 0.4) is 0 Å². The van der Waals surface area contributed by atoms with Crippen molar-refractivity contribution in [3.63, 3.8) is 0 Å². The van der Waals surface area contributed by atoms with Crippen LogP contribution in [0, 0.1) is 0 Å². The predicted octanol–water partition coefficient (Wildman–Crippen LogP) is 4.86. The van der Waals surface area contributed by atoms with Gasteiger partial charge in [0, 0.05) is 0 Å². The van der Waals surface area contributed by atoms with Crippen LogP contribution in [-0.4, -0.2) is 25.2 Å². The van der Waals surface area contributed by atoms with E-state index >= 15 is 0 Å². The third-order valence-corrected chi connectivity index (χ3v) is 4.31. The fraction of sp³-hybridized carbons (Fsp3) is 0.350. The number of rotatable bonds is 4. The molecule has 0 bridgehead atoms. The van der Waals surface area contributed by atoms with Crippen molar-refractivity contribution in [3.8, 4) is 5.75 Å². The van der Waals surface area contributed by atoms with E-state index < -0.39 is 0 Å². The molecular formula is C20H22ClNO2. The van der Waals surface area contributed by atoms with E-state index in [9.17, 15) is 0 Å². The van der Waals surface area contributed by atoms with Gasteiger partial charge in [0.05, 0.1) is 10.6 Å². The molecule has 0 saturated heterocycles. The van der Waals surface area contributed by atoms with Crippen molar-refractivity contribution in [2.75, 3.05) is 13.2 Å². The highest BCUT2D eigenvalue weighted by molar-refractivity contribution is 6.33. The molecular weight excluding hydrogens is 322 g/mol. The van der Waals surface area contributed by atoms with Crippen LogP contribution in [-0.2, 0) is 10.2 Å². The monoisotopic (exact) mass is 343 g/mol. The fourth-order valence-corrected chi connectivity index (χ4v) is 2.74. The Morgan fingerprint density at radius 2 is 1.83 bits per heavy atom. The minimum atomic E-state index is -0.0152. The van der Waals surface area contributed by atoms with E-state index in [4.69, 9.17) is 21.1 Å². The van der Waals surface area contributed by atoms with Crippen molar-refractivity contribution in [3.05, 3.63) is 64.7 Å². The molecule has 1 unspecified atom stereocenters. The van der Waals surface area contributed by atoms with Crippen molar-refractivity contribution < 1.29 is 9.47 Å². The summed E-state index contributed by atoms with van der Waals surface area (Å²) in [5.41, 5.74) is 2.26. The lowest BCUT2D eigenvalue weighted by Crippen LogP contribution is -2.17. The topological polar surface area (TPSA) is 30.8 Å². The molecule has 1 aliphatic rings. The Bertz CT molecular complexity index is 732. The lowest BCUT2D eigenvalue weighted by atomic mass is 9.87. The van der Waals surface area contributed by atoms with Gasteiger partial charge in [-0.1, -0.05) is 56.6 Å². The summed E-state index contributed by atoms with van der Waals surface area (Å²) in [5.74, 6) is 1.45. The molecule has 3 nitrogen and oxygen atoms in total. The SMILES string of the molecule is CC(C)(C)c1ccc(OCC2COC(c3ccccc3Cl)=N2)cc1. The Kier molecular flexibility index (Phi) is 4.81. The Balaban J connectivity index is 1.61. The van der Waals surface area contributed by atoms with Gasteiger partial charge < -0.3 is 9.47 Å². The molecule has 2 aromatic rings. The first-order valence-electron chi connectivity index (χ1n) is 8.12. The summed E-state index contributed by atoms with van der Waals surface area (Å²) in [6, 6.07) is 15.8. The molecule has 1 aliphatic heterocycles. The summed E-state index contributed by atoms with van der Waals surface area (Å²) in [7, 11) is 0. The maximum atomic E-state index is 6.18. The summed E-state index contributed by atoms with van der Waals surface area (Å²) < 4.78 is 11.5. The van der Waals surface area contributed by atoms with E-state index in [1.165, 1.54) is 5.56 Å². The van der Waals surface area contributed by atoms with Gasteiger partial charge >= 0.3 is 0 Å².